The summed E-state index contributed by atoms with van der Waals surface area (Å²) in [5.41, 5.74) is 2.79. The summed E-state index contributed by atoms with van der Waals surface area (Å²) in [6.45, 7) is 1.93. The van der Waals surface area contributed by atoms with Gasteiger partial charge in [0.25, 0.3) is 0 Å². The van der Waals surface area contributed by atoms with Crippen LogP contribution in [0.4, 0.5) is 0 Å². The summed E-state index contributed by atoms with van der Waals surface area (Å²) in [6, 6.07) is 5.63. The van der Waals surface area contributed by atoms with Gasteiger partial charge < -0.3 is 5.11 Å². The van der Waals surface area contributed by atoms with Crippen LogP contribution >= 0.6 is 11.6 Å². The monoisotopic (exact) mass is 304 g/mol. The molecule has 21 heavy (non-hydrogen) atoms. The molecule has 1 N–H and O–H groups in total. The largest absolute Gasteiger partial charge is 0.478 e. The topological polar surface area (TPSA) is 55.1 Å². The maximum atomic E-state index is 11.5. The van der Waals surface area contributed by atoms with E-state index in [1.54, 1.807) is 10.9 Å². The molecule has 1 aromatic carbocycles. The molecular weight excluding hydrogens is 288 g/mol. The van der Waals surface area contributed by atoms with Gasteiger partial charge in [0.2, 0.25) is 0 Å². The molecule has 1 fully saturated rings. The molecule has 0 atom stereocenters. The molecule has 0 aliphatic heterocycles. The average Bonchev–Trinajstić information content (AvgIpc) is 3.09. The van der Waals surface area contributed by atoms with Crippen molar-refractivity contribution in [2.24, 2.45) is 0 Å². The Morgan fingerprint density at radius 2 is 2.10 bits per heavy atom. The van der Waals surface area contributed by atoms with Gasteiger partial charge in [-0.15, -0.1) is 0 Å². The van der Waals surface area contributed by atoms with Crippen molar-refractivity contribution >= 4 is 17.6 Å². The fraction of sp³-hybridized carbons (Fsp3) is 0.375. The zero-order valence-corrected chi connectivity index (χ0v) is 12.6. The molecular formula is C16H17ClN2O2. The normalized spacial score (nSPS) is 15.5. The Bertz CT molecular complexity index is 688. The van der Waals surface area contributed by atoms with Crippen LogP contribution in [0.2, 0.25) is 5.02 Å². The smallest absolute Gasteiger partial charge is 0.339 e. The summed E-state index contributed by atoms with van der Waals surface area (Å²) in [5, 5.41) is 14.6. The molecule has 5 heteroatoms. The molecule has 0 bridgehead atoms. The molecule has 0 unspecified atom stereocenters. The van der Waals surface area contributed by atoms with Gasteiger partial charge in [-0.25, -0.2) is 9.48 Å². The van der Waals surface area contributed by atoms with Crippen LogP contribution in [-0.4, -0.2) is 20.9 Å². The van der Waals surface area contributed by atoms with Crippen molar-refractivity contribution in [2.45, 2.75) is 38.5 Å². The molecule has 1 heterocycles. The molecule has 4 nitrogen and oxygen atoms in total. The standard InChI is InChI=1S/C16H17ClN2O2/c1-10-6-7-12(8-14(10)17)19-9-13(16(20)21)15(18-19)11-4-2-3-5-11/h6-9,11H,2-5H2,1H3,(H,20,21). The molecule has 2 aromatic rings. The molecule has 1 saturated carbocycles. The van der Waals surface area contributed by atoms with Crippen LogP contribution in [0.3, 0.4) is 0 Å². The number of rotatable bonds is 3. The lowest BCUT2D eigenvalue weighted by molar-refractivity contribution is 0.0695. The minimum atomic E-state index is -0.915. The molecule has 1 aliphatic rings. The Hall–Kier alpha value is -1.81. The molecule has 0 amide bonds. The fourth-order valence-corrected chi connectivity index (χ4v) is 3.08. The number of hydrogen-bond acceptors (Lipinski definition) is 2. The highest BCUT2D eigenvalue weighted by molar-refractivity contribution is 6.31. The number of carboxylic acids is 1. The van der Waals surface area contributed by atoms with E-state index in [1.165, 1.54) is 0 Å². The number of carbonyl (C=O) groups is 1. The third kappa shape index (κ3) is 2.68. The van der Waals surface area contributed by atoms with Gasteiger partial charge in [0.1, 0.15) is 5.56 Å². The van der Waals surface area contributed by atoms with Gasteiger partial charge in [0, 0.05) is 17.1 Å². The van der Waals surface area contributed by atoms with Crippen LogP contribution in [0.1, 0.15) is 53.2 Å². The first-order valence-corrected chi connectivity index (χ1v) is 7.53. The number of nitrogens with zero attached hydrogens (tertiary/aromatic N) is 2. The predicted molar refractivity (Wildman–Crippen MR) is 81.5 cm³/mol. The van der Waals surface area contributed by atoms with E-state index in [-0.39, 0.29) is 5.92 Å². The van der Waals surface area contributed by atoms with Gasteiger partial charge >= 0.3 is 5.97 Å². The Morgan fingerprint density at radius 3 is 2.71 bits per heavy atom. The van der Waals surface area contributed by atoms with Gasteiger partial charge in [-0.2, -0.15) is 5.10 Å². The van der Waals surface area contributed by atoms with Crippen LogP contribution in [0.25, 0.3) is 5.69 Å². The van der Waals surface area contributed by atoms with Crippen molar-refractivity contribution in [3.8, 4) is 5.69 Å². The summed E-state index contributed by atoms with van der Waals surface area (Å²) >= 11 is 6.14. The Morgan fingerprint density at radius 1 is 1.38 bits per heavy atom. The van der Waals surface area contributed by atoms with Crippen LogP contribution in [0.5, 0.6) is 0 Å². The van der Waals surface area contributed by atoms with Crippen LogP contribution < -0.4 is 0 Å². The van der Waals surface area contributed by atoms with Gasteiger partial charge in [-0.3, -0.25) is 0 Å². The van der Waals surface area contributed by atoms with Crippen LogP contribution in [-0.2, 0) is 0 Å². The first kappa shape index (κ1) is 14.1. The fourth-order valence-electron chi connectivity index (χ4n) is 2.91. The lowest BCUT2D eigenvalue weighted by Gasteiger charge is -2.06. The quantitative estimate of drug-likeness (QED) is 0.925. The molecule has 0 saturated heterocycles. The van der Waals surface area contributed by atoms with E-state index in [4.69, 9.17) is 11.6 Å². The third-order valence-electron chi connectivity index (χ3n) is 4.14. The lowest BCUT2D eigenvalue weighted by atomic mass is 10.0. The summed E-state index contributed by atoms with van der Waals surface area (Å²) < 4.78 is 1.63. The zero-order valence-electron chi connectivity index (χ0n) is 11.8. The van der Waals surface area contributed by atoms with Crippen molar-refractivity contribution in [3.63, 3.8) is 0 Å². The first-order chi connectivity index (χ1) is 10.1. The molecule has 0 spiro atoms. The first-order valence-electron chi connectivity index (χ1n) is 7.15. The second-order valence-electron chi connectivity index (χ2n) is 5.59. The summed E-state index contributed by atoms with van der Waals surface area (Å²) in [6.07, 6.45) is 5.93. The second kappa shape index (κ2) is 5.53. The highest BCUT2D eigenvalue weighted by Crippen LogP contribution is 2.35. The van der Waals surface area contributed by atoms with Gasteiger partial charge in [-0.1, -0.05) is 30.5 Å². The number of benzene rings is 1. The summed E-state index contributed by atoms with van der Waals surface area (Å²) in [7, 11) is 0. The Labute approximate surface area is 128 Å². The summed E-state index contributed by atoms with van der Waals surface area (Å²) in [5.74, 6) is -0.653. The maximum absolute atomic E-state index is 11.5. The molecule has 3 rings (SSSR count). The van der Waals surface area contributed by atoms with Gasteiger partial charge in [0.05, 0.1) is 11.4 Å². The summed E-state index contributed by atoms with van der Waals surface area (Å²) in [4.78, 5) is 11.5. The van der Waals surface area contributed by atoms with E-state index >= 15 is 0 Å². The van der Waals surface area contributed by atoms with E-state index in [0.717, 1.165) is 36.9 Å². The minimum Gasteiger partial charge on any atom is -0.478 e. The van der Waals surface area contributed by atoms with E-state index in [1.807, 2.05) is 25.1 Å². The number of hydrogen-bond donors (Lipinski definition) is 1. The van der Waals surface area contributed by atoms with Crippen molar-refractivity contribution in [1.29, 1.82) is 0 Å². The third-order valence-corrected chi connectivity index (χ3v) is 4.54. The van der Waals surface area contributed by atoms with Gasteiger partial charge in [-0.05, 0) is 37.5 Å². The lowest BCUT2D eigenvalue weighted by Crippen LogP contribution is -2.03. The van der Waals surface area contributed by atoms with Crippen molar-refractivity contribution in [2.75, 3.05) is 0 Å². The number of aryl methyl sites for hydroxylation is 1. The van der Waals surface area contributed by atoms with E-state index in [9.17, 15) is 9.90 Å². The SMILES string of the molecule is Cc1ccc(-n2cc(C(=O)O)c(C3CCCC3)n2)cc1Cl. The van der Waals surface area contributed by atoms with Gasteiger partial charge in [0.15, 0.2) is 0 Å². The van der Waals surface area contributed by atoms with E-state index < -0.39 is 5.97 Å². The Balaban J connectivity index is 2.04. The van der Waals surface area contributed by atoms with Crippen molar-refractivity contribution in [3.05, 3.63) is 46.2 Å². The predicted octanol–water partition coefficient (Wildman–Crippen LogP) is 4.19. The number of aromatic nitrogens is 2. The Kier molecular flexibility index (Phi) is 3.72. The zero-order chi connectivity index (χ0) is 15.0. The molecule has 0 radical (unpaired) electrons. The molecule has 1 aliphatic carbocycles. The number of halogens is 1. The number of aromatic carboxylic acids is 1. The van der Waals surface area contributed by atoms with Crippen LogP contribution in [0.15, 0.2) is 24.4 Å². The van der Waals surface area contributed by atoms with Crippen molar-refractivity contribution < 1.29 is 9.90 Å². The maximum Gasteiger partial charge on any atom is 0.339 e. The minimum absolute atomic E-state index is 0.262. The molecule has 110 valence electrons. The van der Waals surface area contributed by atoms with E-state index in [0.29, 0.717) is 16.3 Å². The second-order valence-corrected chi connectivity index (χ2v) is 6.00. The average molecular weight is 305 g/mol. The highest BCUT2D eigenvalue weighted by Gasteiger charge is 2.26. The van der Waals surface area contributed by atoms with Crippen LogP contribution in [0, 0.1) is 6.92 Å². The number of carboxylic acid groups (broad SMARTS) is 1. The van der Waals surface area contributed by atoms with E-state index in [2.05, 4.69) is 5.10 Å². The highest BCUT2D eigenvalue weighted by atomic mass is 35.5. The molecule has 1 aromatic heterocycles. The van der Waals surface area contributed by atoms with Crippen molar-refractivity contribution in [1.82, 2.24) is 9.78 Å².